The van der Waals surface area contributed by atoms with Gasteiger partial charge in [-0.1, -0.05) is 24.3 Å². The van der Waals surface area contributed by atoms with Gasteiger partial charge in [-0.15, -0.1) is 0 Å². The van der Waals surface area contributed by atoms with E-state index >= 15 is 0 Å². The van der Waals surface area contributed by atoms with Crippen molar-refractivity contribution in [2.24, 2.45) is 0 Å². The van der Waals surface area contributed by atoms with Crippen molar-refractivity contribution >= 4 is 17.6 Å². The van der Waals surface area contributed by atoms with Gasteiger partial charge in [0.25, 0.3) is 5.91 Å². The second-order valence-electron chi connectivity index (χ2n) is 7.59. The lowest BCUT2D eigenvalue weighted by atomic mass is 9.82. The van der Waals surface area contributed by atoms with E-state index in [4.69, 9.17) is 0 Å². The average molecular weight is 381 g/mol. The molecule has 28 heavy (non-hydrogen) atoms. The SMILES string of the molecule is O=C(NC1C[C@H]2CCC[C@@H](C1)N2C(=O)Nc1cccc(F)c1)c1ccccc1. The van der Waals surface area contributed by atoms with Crippen molar-refractivity contribution < 1.29 is 14.0 Å². The largest absolute Gasteiger partial charge is 0.349 e. The minimum Gasteiger partial charge on any atom is -0.349 e. The summed E-state index contributed by atoms with van der Waals surface area (Å²) < 4.78 is 13.4. The number of urea groups is 1. The molecule has 6 heteroatoms. The summed E-state index contributed by atoms with van der Waals surface area (Å²) in [5.74, 6) is -0.443. The molecule has 2 heterocycles. The van der Waals surface area contributed by atoms with E-state index < -0.39 is 0 Å². The van der Waals surface area contributed by atoms with Crippen LogP contribution in [0.2, 0.25) is 0 Å². The Morgan fingerprint density at radius 1 is 0.964 bits per heavy atom. The number of anilines is 1. The molecule has 0 radical (unpaired) electrons. The van der Waals surface area contributed by atoms with Crippen LogP contribution in [0.3, 0.4) is 0 Å². The molecule has 146 valence electrons. The van der Waals surface area contributed by atoms with E-state index in [0.717, 1.165) is 32.1 Å². The molecule has 0 aromatic heterocycles. The monoisotopic (exact) mass is 381 g/mol. The number of piperidine rings is 2. The first-order valence-corrected chi connectivity index (χ1v) is 9.81. The summed E-state index contributed by atoms with van der Waals surface area (Å²) >= 11 is 0. The van der Waals surface area contributed by atoms with Gasteiger partial charge in [-0.25, -0.2) is 9.18 Å². The number of hydrogen-bond donors (Lipinski definition) is 2. The fraction of sp³-hybridized carbons (Fsp3) is 0.364. The number of nitrogens with zero attached hydrogens (tertiary/aromatic N) is 1. The molecule has 3 amide bonds. The number of benzene rings is 2. The number of carbonyl (C=O) groups excluding carboxylic acids is 2. The maximum atomic E-state index is 13.4. The lowest BCUT2D eigenvalue weighted by Crippen LogP contribution is -2.59. The number of nitrogens with one attached hydrogen (secondary N) is 2. The van der Waals surface area contributed by atoms with Crippen LogP contribution in [0, 0.1) is 5.82 Å². The summed E-state index contributed by atoms with van der Waals surface area (Å²) in [6.07, 6.45) is 4.41. The second-order valence-corrected chi connectivity index (χ2v) is 7.59. The van der Waals surface area contributed by atoms with Crippen LogP contribution < -0.4 is 10.6 Å². The molecule has 2 fully saturated rings. The van der Waals surface area contributed by atoms with Crippen molar-refractivity contribution in [2.75, 3.05) is 5.32 Å². The Bertz CT molecular complexity index is 844. The molecule has 2 saturated heterocycles. The Labute approximate surface area is 163 Å². The zero-order valence-electron chi connectivity index (χ0n) is 15.6. The molecule has 2 aromatic rings. The van der Waals surface area contributed by atoms with E-state index in [1.807, 2.05) is 23.1 Å². The highest BCUT2D eigenvalue weighted by Crippen LogP contribution is 2.34. The van der Waals surface area contributed by atoms with Crippen LogP contribution in [-0.2, 0) is 0 Å². The molecule has 5 nitrogen and oxygen atoms in total. The standard InChI is InChI=1S/C22H24FN3O2/c23-16-8-4-9-17(12-16)25-22(28)26-19-10-5-11-20(26)14-18(13-19)24-21(27)15-6-2-1-3-7-15/h1-4,6-9,12,18-20H,5,10-11,13-14H2,(H,24,27)(H,25,28)/t18?,19-,20+. The smallest absolute Gasteiger partial charge is 0.322 e. The van der Waals surface area contributed by atoms with Crippen LogP contribution in [0.1, 0.15) is 42.5 Å². The van der Waals surface area contributed by atoms with Crippen molar-refractivity contribution in [1.82, 2.24) is 10.2 Å². The molecule has 2 aromatic carbocycles. The fourth-order valence-electron chi connectivity index (χ4n) is 4.44. The van der Waals surface area contributed by atoms with Gasteiger partial charge in [-0.2, -0.15) is 0 Å². The van der Waals surface area contributed by atoms with Gasteiger partial charge in [0.2, 0.25) is 0 Å². The quantitative estimate of drug-likeness (QED) is 0.838. The van der Waals surface area contributed by atoms with Gasteiger partial charge in [-0.3, -0.25) is 4.79 Å². The summed E-state index contributed by atoms with van der Waals surface area (Å²) in [7, 11) is 0. The molecular formula is C22H24FN3O2. The van der Waals surface area contributed by atoms with E-state index in [-0.39, 0.29) is 35.9 Å². The fourth-order valence-corrected chi connectivity index (χ4v) is 4.44. The molecular weight excluding hydrogens is 357 g/mol. The molecule has 2 aliphatic rings. The molecule has 3 atom stereocenters. The van der Waals surface area contributed by atoms with Crippen molar-refractivity contribution in [3.05, 3.63) is 66.0 Å². The molecule has 2 bridgehead atoms. The minimum absolute atomic E-state index is 0.0567. The molecule has 2 N–H and O–H groups in total. The van der Waals surface area contributed by atoms with Gasteiger partial charge in [0, 0.05) is 29.4 Å². The third kappa shape index (κ3) is 4.01. The summed E-state index contributed by atoms with van der Waals surface area (Å²) in [5.41, 5.74) is 1.11. The van der Waals surface area contributed by atoms with Crippen LogP contribution in [0.4, 0.5) is 14.9 Å². The van der Waals surface area contributed by atoms with Crippen LogP contribution in [-0.4, -0.2) is 35.0 Å². The number of rotatable bonds is 3. The predicted molar refractivity (Wildman–Crippen MR) is 106 cm³/mol. The third-order valence-electron chi connectivity index (χ3n) is 5.66. The van der Waals surface area contributed by atoms with Crippen molar-refractivity contribution in [1.29, 1.82) is 0 Å². The van der Waals surface area contributed by atoms with Crippen molar-refractivity contribution in [3.63, 3.8) is 0 Å². The second kappa shape index (κ2) is 8.00. The van der Waals surface area contributed by atoms with E-state index in [9.17, 15) is 14.0 Å². The Balaban J connectivity index is 1.42. The van der Waals surface area contributed by atoms with Gasteiger partial charge in [0.15, 0.2) is 0 Å². The topological polar surface area (TPSA) is 61.4 Å². The van der Waals surface area contributed by atoms with Crippen LogP contribution in [0.25, 0.3) is 0 Å². The van der Waals surface area contributed by atoms with E-state index in [1.165, 1.54) is 12.1 Å². The summed E-state index contributed by atoms with van der Waals surface area (Å²) in [5, 5.41) is 5.96. The van der Waals surface area contributed by atoms with Crippen LogP contribution in [0.15, 0.2) is 54.6 Å². The third-order valence-corrected chi connectivity index (χ3v) is 5.66. The first-order chi connectivity index (χ1) is 13.6. The summed E-state index contributed by atoms with van der Waals surface area (Å²) in [4.78, 5) is 27.2. The lowest BCUT2D eigenvalue weighted by Gasteiger charge is -2.48. The number of fused-ring (bicyclic) bond motifs is 2. The zero-order chi connectivity index (χ0) is 19.5. The maximum Gasteiger partial charge on any atom is 0.322 e. The first kappa shape index (κ1) is 18.5. The summed E-state index contributed by atoms with van der Waals surface area (Å²) in [6, 6.07) is 15.2. The Hall–Kier alpha value is -2.89. The van der Waals surface area contributed by atoms with Crippen LogP contribution in [0.5, 0.6) is 0 Å². The highest BCUT2D eigenvalue weighted by molar-refractivity contribution is 5.94. The van der Waals surface area contributed by atoms with Gasteiger partial charge in [0.05, 0.1) is 0 Å². The Morgan fingerprint density at radius 2 is 1.68 bits per heavy atom. The molecule has 1 unspecified atom stereocenters. The van der Waals surface area contributed by atoms with Gasteiger partial charge < -0.3 is 15.5 Å². The van der Waals surface area contributed by atoms with E-state index in [1.54, 1.807) is 24.3 Å². The molecule has 0 aliphatic carbocycles. The van der Waals surface area contributed by atoms with Gasteiger partial charge in [0.1, 0.15) is 5.82 Å². The zero-order valence-corrected chi connectivity index (χ0v) is 15.6. The molecule has 0 spiro atoms. The maximum absolute atomic E-state index is 13.4. The molecule has 2 aliphatic heterocycles. The van der Waals surface area contributed by atoms with Crippen molar-refractivity contribution in [2.45, 2.75) is 50.2 Å². The minimum atomic E-state index is -0.375. The van der Waals surface area contributed by atoms with E-state index in [2.05, 4.69) is 10.6 Å². The highest BCUT2D eigenvalue weighted by atomic mass is 19.1. The Kier molecular flexibility index (Phi) is 5.28. The van der Waals surface area contributed by atoms with Crippen LogP contribution >= 0.6 is 0 Å². The highest BCUT2D eigenvalue weighted by Gasteiger charge is 2.41. The van der Waals surface area contributed by atoms with Crippen molar-refractivity contribution in [3.8, 4) is 0 Å². The average Bonchev–Trinajstić information content (AvgIpc) is 2.68. The first-order valence-electron chi connectivity index (χ1n) is 9.81. The lowest BCUT2D eigenvalue weighted by molar-refractivity contribution is 0.0577. The predicted octanol–water partition coefficient (Wildman–Crippen LogP) is 4.17. The number of amides is 3. The Morgan fingerprint density at radius 3 is 2.36 bits per heavy atom. The summed E-state index contributed by atoms with van der Waals surface area (Å²) in [6.45, 7) is 0. The normalized spacial score (nSPS) is 23.8. The van der Waals surface area contributed by atoms with Gasteiger partial charge >= 0.3 is 6.03 Å². The molecule has 4 rings (SSSR count). The number of carbonyl (C=O) groups is 2. The molecule has 0 saturated carbocycles. The number of halogens is 1. The number of hydrogen-bond acceptors (Lipinski definition) is 2. The van der Waals surface area contributed by atoms with E-state index in [0.29, 0.717) is 11.3 Å². The van der Waals surface area contributed by atoms with Gasteiger partial charge in [-0.05, 0) is 62.4 Å².